The molecule has 39 heavy (non-hydrogen) atoms. The molecule has 1 aromatic carbocycles. The van der Waals surface area contributed by atoms with Gasteiger partial charge in [-0.25, -0.2) is 9.37 Å². The summed E-state index contributed by atoms with van der Waals surface area (Å²) in [5.74, 6) is -1.63. The Balaban J connectivity index is 0.000000771. The first-order valence-corrected chi connectivity index (χ1v) is 12.4. The number of benzene rings is 1. The Kier molecular flexibility index (Phi) is 8.72. The fourth-order valence-electron chi connectivity index (χ4n) is 4.96. The van der Waals surface area contributed by atoms with E-state index in [0.29, 0.717) is 43.2 Å². The van der Waals surface area contributed by atoms with E-state index in [2.05, 4.69) is 20.9 Å². The number of carbonyl (C=O) groups excluding carboxylic acids is 4. The summed E-state index contributed by atoms with van der Waals surface area (Å²) in [7, 11) is 2.85. The van der Waals surface area contributed by atoms with Crippen LogP contribution in [0, 0.1) is 18.2 Å². The number of hydrogen-bond acceptors (Lipinski definition) is 7. The number of primary amides is 1. The number of hydrogen-bond donors (Lipinski definition) is 4. The molecule has 2 aromatic rings. The van der Waals surface area contributed by atoms with E-state index in [1.807, 2.05) is 0 Å². The second kappa shape index (κ2) is 11.6. The smallest absolute Gasteiger partial charge is 0.296 e. The summed E-state index contributed by atoms with van der Waals surface area (Å²) in [6.07, 6.45) is 1.92. The number of nitrogens with two attached hydrogens (primary N) is 1. The molecule has 1 aliphatic carbocycles. The van der Waals surface area contributed by atoms with Gasteiger partial charge in [-0.1, -0.05) is 12.1 Å². The quantitative estimate of drug-likeness (QED) is 0.365. The van der Waals surface area contributed by atoms with Crippen LogP contribution in [0.15, 0.2) is 23.0 Å². The van der Waals surface area contributed by atoms with Crippen LogP contribution in [0.5, 0.6) is 5.75 Å². The van der Waals surface area contributed by atoms with Gasteiger partial charge in [0, 0.05) is 27.1 Å². The fourth-order valence-corrected chi connectivity index (χ4v) is 4.96. The average molecular weight is 545 g/mol. The highest BCUT2D eigenvalue weighted by Crippen LogP contribution is 2.49. The second-order valence-electron chi connectivity index (χ2n) is 9.77. The molecular weight excluding hydrogens is 511 g/mol. The lowest BCUT2D eigenvalue weighted by Crippen LogP contribution is -2.49. The molecule has 0 atom stereocenters. The highest BCUT2D eigenvalue weighted by atomic mass is 19.1. The molecule has 1 fully saturated rings. The third kappa shape index (κ3) is 5.76. The van der Waals surface area contributed by atoms with Gasteiger partial charge in [0.25, 0.3) is 11.5 Å². The van der Waals surface area contributed by atoms with E-state index in [-0.39, 0.29) is 42.1 Å². The lowest BCUT2D eigenvalue weighted by Gasteiger charge is -2.39. The first-order valence-electron chi connectivity index (χ1n) is 12.4. The van der Waals surface area contributed by atoms with Gasteiger partial charge in [0.05, 0.1) is 18.1 Å². The molecular formula is C26H33FN6O6. The van der Waals surface area contributed by atoms with Crippen molar-refractivity contribution in [3.63, 3.8) is 0 Å². The minimum absolute atomic E-state index is 0.00463. The van der Waals surface area contributed by atoms with Crippen LogP contribution in [0.3, 0.4) is 0 Å². The highest BCUT2D eigenvalue weighted by Gasteiger charge is 2.53. The maximum absolute atomic E-state index is 13.5. The molecule has 0 unspecified atom stereocenters. The largest absolute Gasteiger partial charge is 0.489 e. The maximum Gasteiger partial charge on any atom is 0.296 e. The summed E-state index contributed by atoms with van der Waals surface area (Å²) in [5.41, 5.74) is 3.96. The Morgan fingerprint density at radius 3 is 2.38 bits per heavy atom. The van der Waals surface area contributed by atoms with Crippen molar-refractivity contribution in [1.29, 1.82) is 0 Å². The van der Waals surface area contributed by atoms with E-state index in [0.717, 1.165) is 0 Å². The second-order valence-corrected chi connectivity index (χ2v) is 9.77. The first kappa shape index (κ1) is 29.3. The minimum Gasteiger partial charge on any atom is -0.489 e. The van der Waals surface area contributed by atoms with Crippen molar-refractivity contribution in [3.05, 3.63) is 57.0 Å². The number of aryl methyl sites for hydroxylation is 1. The fraction of sp³-hybridized carbons (Fsp3) is 0.462. The number of methoxy groups -OCH3 is 1. The number of halogens is 1. The predicted octanol–water partition coefficient (Wildman–Crippen LogP) is 0.382. The molecule has 5 rings (SSSR count). The standard InChI is InChI=1S/C23H26FN5O5.C3H7NO/c1-13-9-14(3-4-15(13)24)10-26-18(31)16-17(34-2)19(32)29-11-22(20(25)33)5-7-23(8-6-22,27-12-30)21(29)28-16;1-3(5)4-2/h3-4,9,12H,5-8,10-11H2,1-2H3,(H2,25,33)(H,26,31)(H,27,30);1-2H3,(H,4,5). The number of rotatable bonds is 7. The van der Waals surface area contributed by atoms with Gasteiger partial charge in [0.1, 0.15) is 11.6 Å². The van der Waals surface area contributed by atoms with Crippen LogP contribution in [0.25, 0.3) is 0 Å². The molecule has 0 saturated heterocycles. The van der Waals surface area contributed by atoms with Crippen molar-refractivity contribution in [2.24, 2.45) is 11.1 Å². The molecule has 2 bridgehead atoms. The predicted molar refractivity (Wildman–Crippen MR) is 138 cm³/mol. The topological polar surface area (TPSA) is 175 Å². The molecule has 1 saturated carbocycles. The lowest BCUT2D eigenvalue weighted by molar-refractivity contribution is -0.131. The Morgan fingerprint density at radius 1 is 1.23 bits per heavy atom. The van der Waals surface area contributed by atoms with E-state index < -0.39 is 28.3 Å². The average Bonchev–Trinajstić information content (AvgIpc) is 3.14. The van der Waals surface area contributed by atoms with E-state index in [1.165, 1.54) is 24.7 Å². The van der Waals surface area contributed by atoms with Crippen molar-refractivity contribution >= 4 is 24.1 Å². The summed E-state index contributed by atoms with van der Waals surface area (Å²) in [4.78, 5) is 64.5. The molecule has 3 aliphatic rings. The van der Waals surface area contributed by atoms with Gasteiger partial charge in [-0.05, 0) is 49.8 Å². The van der Waals surface area contributed by atoms with Crippen molar-refractivity contribution in [2.75, 3.05) is 14.2 Å². The zero-order valence-electron chi connectivity index (χ0n) is 22.4. The van der Waals surface area contributed by atoms with Gasteiger partial charge in [-0.2, -0.15) is 0 Å². The summed E-state index contributed by atoms with van der Waals surface area (Å²) in [5, 5.41) is 7.85. The third-order valence-corrected chi connectivity index (χ3v) is 7.38. The third-order valence-electron chi connectivity index (χ3n) is 7.38. The van der Waals surface area contributed by atoms with E-state index in [4.69, 9.17) is 10.5 Å². The van der Waals surface area contributed by atoms with Crippen molar-refractivity contribution in [3.8, 4) is 5.75 Å². The first-order chi connectivity index (χ1) is 18.4. The zero-order valence-corrected chi connectivity index (χ0v) is 22.4. The van der Waals surface area contributed by atoms with Crippen LogP contribution in [-0.2, 0) is 33.0 Å². The number of amides is 4. The molecule has 3 heterocycles. The van der Waals surface area contributed by atoms with Crippen molar-refractivity contribution in [1.82, 2.24) is 25.5 Å². The van der Waals surface area contributed by atoms with Crippen LogP contribution in [0.4, 0.5) is 4.39 Å². The highest BCUT2D eigenvalue weighted by molar-refractivity contribution is 5.94. The molecule has 1 aromatic heterocycles. The number of carbonyl (C=O) groups is 4. The van der Waals surface area contributed by atoms with E-state index in [1.54, 1.807) is 26.1 Å². The lowest BCUT2D eigenvalue weighted by atomic mass is 9.68. The van der Waals surface area contributed by atoms with Crippen LogP contribution in [0.1, 0.15) is 60.0 Å². The van der Waals surface area contributed by atoms with Gasteiger partial charge in [0.15, 0.2) is 5.69 Å². The monoisotopic (exact) mass is 544 g/mol. The van der Waals surface area contributed by atoms with Crippen molar-refractivity contribution < 1.29 is 28.3 Å². The number of nitrogens with one attached hydrogen (secondary N) is 3. The molecule has 210 valence electrons. The molecule has 12 nitrogen and oxygen atoms in total. The van der Waals surface area contributed by atoms with Crippen LogP contribution < -0.4 is 32.0 Å². The van der Waals surface area contributed by atoms with Gasteiger partial charge < -0.3 is 26.4 Å². The van der Waals surface area contributed by atoms with Crippen molar-refractivity contribution in [2.45, 2.75) is 58.2 Å². The Labute approximate surface area is 224 Å². The van der Waals surface area contributed by atoms with Crippen LogP contribution in [0.2, 0.25) is 0 Å². The minimum atomic E-state index is -1.02. The number of aromatic nitrogens is 2. The van der Waals surface area contributed by atoms with Gasteiger partial charge in [-0.15, -0.1) is 0 Å². The number of ether oxygens (including phenoxy) is 1. The molecule has 2 aliphatic heterocycles. The summed E-state index contributed by atoms with van der Waals surface area (Å²) in [6.45, 7) is 3.15. The Hall–Kier alpha value is -4.29. The molecule has 0 spiro atoms. The maximum atomic E-state index is 13.5. The van der Waals surface area contributed by atoms with Crippen LogP contribution >= 0.6 is 0 Å². The summed E-state index contributed by atoms with van der Waals surface area (Å²) >= 11 is 0. The molecule has 0 radical (unpaired) electrons. The van der Waals surface area contributed by atoms with Gasteiger partial charge >= 0.3 is 0 Å². The molecule has 13 heteroatoms. The molecule has 5 N–H and O–H groups in total. The Morgan fingerprint density at radius 2 is 1.87 bits per heavy atom. The SMILES string of the molecule is CNC(C)=O.COc1c(C(=O)NCc2ccc(F)c(C)c2)nc2n(c1=O)CC1(C(N)=O)CCC2(NC=O)CC1. The van der Waals surface area contributed by atoms with E-state index >= 15 is 0 Å². The van der Waals surface area contributed by atoms with Gasteiger partial charge in [-0.3, -0.25) is 28.5 Å². The zero-order chi connectivity index (χ0) is 29.0. The van der Waals surface area contributed by atoms with Crippen LogP contribution in [-0.4, -0.2) is 47.8 Å². The summed E-state index contributed by atoms with van der Waals surface area (Å²) in [6, 6.07) is 4.46. The summed E-state index contributed by atoms with van der Waals surface area (Å²) < 4.78 is 20.1. The number of nitrogens with zero attached hydrogens (tertiary/aromatic N) is 2. The van der Waals surface area contributed by atoms with E-state index in [9.17, 15) is 28.4 Å². The normalized spacial score (nSPS) is 20.8. The number of fused-ring (bicyclic) bond motifs is 2. The van der Waals surface area contributed by atoms with Gasteiger partial charge in [0.2, 0.25) is 24.0 Å². The Bertz CT molecular complexity index is 1350. The molecule has 4 amide bonds.